The van der Waals surface area contributed by atoms with Crippen molar-refractivity contribution < 1.29 is 22.3 Å². The topological polar surface area (TPSA) is 60.2 Å². The van der Waals surface area contributed by atoms with Gasteiger partial charge in [-0.25, -0.2) is 18.7 Å². The van der Waals surface area contributed by atoms with Gasteiger partial charge in [-0.05, 0) is 25.1 Å². The lowest BCUT2D eigenvalue weighted by atomic mass is 10.1. The molecular formula is C19H16F4N4O2. The highest BCUT2D eigenvalue weighted by molar-refractivity contribution is 5.93. The fourth-order valence-electron chi connectivity index (χ4n) is 3.24. The normalized spacial score (nSPS) is 16.4. The summed E-state index contributed by atoms with van der Waals surface area (Å²) in [6, 6.07) is 4.27. The minimum Gasteiger partial charge on any atom is -0.345 e. The summed E-state index contributed by atoms with van der Waals surface area (Å²) in [6.07, 6.45) is -3.38. The quantitative estimate of drug-likeness (QED) is 0.610. The Hall–Kier alpha value is -3.01. The lowest BCUT2D eigenvalue weighted by Gasteiger charge is -2.33. The first-order valence-corrected chi connectivity index (χ1v) is 8.77. The Morgan fingerprint density at radius 2 is 1.93 bits per heavy atom. The van der Waals surface area contributed by atoms with Crippen molar-refractivity contribution in [3.8, 4) is 11.3 Å². The monoisotopic (exact) mass is 408 g/mol. The van der Waals surface area contributed by atoms with E-state index < -0.39 is 29.8 Å². The fraction of sp³-hybridized carbons (Fsp3) is 0.316. The first-order valence-electron chi connectivity index (χ1n) is 8.77. The predicted molar refractivity (Wildman–Crippen MR) is 98.0 cm³/mol. The van der Waals surface area contributed by atoms with E-state index in [1.54, 1.807) is 6.92 Å². The molecule has 0 N–H and O–H groups in total. The maximum Gasteiger partial charge on any atom is 0.373 e. The van der Waals surface area contributed by atoms with E-state index in [2.05, 4.69) is 14.7 Å². The zero-order valence-electron chi connectivity index (χ0n) is 15.5. The first kappa shape index (κ1) is 19.3. The molecule has 6 nitrogen and oxygen atoms in total. The number of ether oxygens (including phenoxy) is 1. The highest BCUT2D eigenvalue weighted by Crippen LogP contribution is 2.32. The molecule has 3 aromatic rings. The molecule has 0 atom stereocenters. The molecule has 0 bridgehead atoms. The van der Waals surface area contributed by atoms with Gasteiger partial charge in [-0.15, -0.1) is 0 Å². The van der Waals surface area contributed by atoms with E-state index in [1.165, 1.54) is 28.6 Å². The van der Waals surface area contributed by atoms with Crippen LogP contribution in [0.15, 0.2) is 29.1 Å². The van der Waals surface area contributed by atoms with E-state index in [0.717, 1.165) is 6.07 Å². The van der Waals surface area contributed by atoms with Gasteiger partial charge in [0.2, 0.25) is 0 Å². The smallest absolute Gasteiger partial charge is 0.345 e. The lowest BCUT2D eigenvalue weighted by molar-refractivity contribution is -0.240. The number of fused-ring (bicyclic) bond motifs is 1. The molecular weight excluding hydrogens is 392 g/mol. The van der Waals surface area contributed by atoms with E-state index in [1.807, 2.05) is 0 Å². The number of pyridine rings is 1. The van der Waals surface area contributed by atoms with Crippen molar-refractivity contribution in [2.24, 2.45) is 7.05 Å². The number of alkyl halides is 2. The Morgan fingerprint density at radius 3 is 2.62 bits per heavy atom. The van der Waals surface area contributed by atoms with E-state index in [9.17, 15) is 22.4 Å². The van der Waals surface area contributed by atoms with E-state index in [-0.39, 0.29) is 41.1 Å². The second-order valence-electron chi connectivity index (χ2n) is 6.78. The van der Waals surface area contributed by atoms with Crippen molar-refractivity contribution in [2.75, 3.05) is 24.6 Å². The predicted octanol–water partition coefficient (Wildman–Crippen LogP) is 3.01. The van der Waals surface area contributed by atoms with Crippen LogP contribution in [0.25, 0.3) is 22.2 Å². The van der Waals surface area contributed by atoms with Gasteiger partial charge >= 0.3 is 6.11 Å². The summed E-state index contributed by atoms with van der Waals surface area (Å²) in [5, 5.41) is 0.0941. The number of nitrogens with zero attached hydrogens (tertiary/aromatic N) is 4. The SMILES string of the molecule is Cc1nc2c(-c3ccc(F)cc3F)nc(N3CCOC(F)(F)C3)cc2c(=O)n1C. The summed E-state index contributed by atoms with van der Waals surface area (Å²) in [4.78, 5) is 22.7. The zero-order valence-corrected chi connectivity index (χ0v) is 15.5. The Bertz CT molecular complexity index is 1180. The van der Waals surface area contributed by atoms with Gasteiger partial charge in [-0.3, -0.25) is 9.36 Å². The van der Waals surface area contributed by atoms with Crippen molar-refractivity contribution in [2.45, 2.75) is 13.0 Å². The van der Waals surface area contributed by atoms with Crippen molar-refractivity contribution in [1.29, 1.82) is 0 Å². The number of rotatable bonds is 2. The molecule has 2 aromatic heterocycles. The summed E-state index contributed by atoms with van der Waals surface area (Å²) in [5.74, 6) is -1.26. The van der Waals surface area contributed by atoms with Crippen LogP contribution in [0.1, 0.15) is 5.82 Å². The van der Waals surface area contributed by atoms with Crippen LogP contribution in [-0.2, 0) is 11.8 Å². The summed E-state index contributed by atoms with van der Waals surface area (Å²) < 4.78 is 61.0. The van der Waals surface area contributed by atoms with Gasteiger partial charge < -0.3 is 9.64 Å². The molecule has 0 saturated carbocycles. The van der Waals surface area contributed by atoms with Gasteiger partial charge in [0.15, 0.2) is 0 Å². The van der Waals surface area contributed by atoms with E-state index in [0.29, 0.717) is 11.9 Å². The number of aryl methyl sites for hydroxylation is 1. The number of anilines is 1. The number of hydrogen-bond donors (Lipinski definition) is 0. The Labute approximate surface area is 162 Å². The van der Waals surface area contributed by atoms with Crippen LogP contribution in [-0.4, -0.2) is 40.3 Å². The van der Waals surface area contributed by atoms with Crippen LogP contribution in [0.4, 0.5) is 23.4 Å². The number of hydrogen-bond acceptors (Lipinski definition) is 5. The largest absolute Gasteiger partial charge is 0.373 e. The standard InChI is InChI=1S/C19H16F4N4O2/c1-10-24-17-13(18(28)26(10)2)8-15(27-5-6-29-19(22,23)9-27)25-16(17)12-4-3-11(20)7-14(12)21/h3-4,7-8H,5-6,9H2,1-2H3. The third-order valence-electron chi connectivity index (χ3n) is 4.83. The molecule has 1 aliphatic rings. The van der Waals surface area contributed by atoms with Gasteiger partial charge in [0, 0.05) is 25.2 Å². The van der Waals surface area contributed by atoms with Crippen molar-refractivity contribution >= 4 is 16.7 Å². The molecule has 1 aliphatic heterocycles. The molecule has 29 heavy (non-hydrogen) atoms. The molecule has 1 saturated heterocycles. The molecule has 152 valence electrons. The van der Waals surface area contributed by atoms with E-state index in [4.69, 9.17) is 0 Å². The molecule has 3 heterocycles. The molecule has 4 rings (SSSR count). The molecule has 1 fully saturated rings. The Balaban J connectivity index is 2.01. The van der Waals surface area contributed by atoms with Crippen LogP contribution in [0.5, 0.6) is 0 Å². The number of morpholine rings is 1. The molecule has 0 amide bonds. The van der Waals surface area contributed by atoms with E-state index >= 15 is 0 Å². The number of benzene rings is 1. The van der Waals surface area contributed by atoms with Gasteiger partial charge in [0.25, 0.3) is 5.56 Å². The van der Waals surface area contributed by atoms with Crippen molar-refractivity contribution in [3.63, 3.8) is 0 Å². The minimum absolute atomic E-state index is 0.0226. The highest BCUT2D eigenvalue weighted by atomic mass is 19.3. The minimum atomic E-state index is -3.38. The average Bonchev–Trinajstić information content (AvgIpc) is 2.65. The van der Waals surface area contributed by atoms with Crippen LogP contribution in [0.2, 0.25) is 0 Å². The Morgan fingerprint density at radius 1 is 1.17 bits per heavy atom. The van der Waals surface area contributed by atoms with Gasteiger partial charge in [-0.1, -0.05) is 0 Å². The maximum atomic E-state index is 14.5. The number of aromatic nitrogens is 3. The van der Waals surface area contributed by atoms with Crippen LogP contribution in [0, 0.1) is 18.6 Å². The average molecular weight is 408 g/mol. The van der Waals surface area contributed by atoms with Crippen LogP contribution >= 0.6 is 0 Å². The third-order valence-corrected chi connectivity index (χ3v) is 4.83. The molecule has 0 spiro atoms. The molecule has 0 unspecified atom stereocenters. The third kappa shape index (κ3) is 3.44. The molecule has 10 heteroatoms. The van der Waals surface area contributed by atoms with Crippen molar-refractivity contribution in [3.05, 3.63) is 52.1 Å². The second-order valence-corrected chi connectivity index (χ2v) is 6.78. The highest BCUT2D eigenvalue weighted by Gasteiger charge is 2.37. The van der Waals surface area contributed by atoms with Gasteiger partial charge in [0.1, 0.15) is 41.0 Å². The first-order chi connectivity index (χ1) is 13.7. The summed E-state index contributed by atoms with van der Waals surface area (Å²) in [7, 11) is 1.52. The summed E-state index contributed by atoms with van der Waals surface area (Å²) in [5.41, 5.74) is -0.427. The van der Waals surface area contributed by atoms with Crippen LogP contribution in [0.3, 0.4) is 0 Å². The maximum absolute atomic E-state index is 14.5. The second kappa shape index (κ2) is 6.80. The molecule has 0 radical (unpaired) electrons. The number of halogens is 4. The van der Waals surface area contributed by atoms with Gasteiger partial charge in [-0.2, -0.15) is 8.78 Å². The Kier molecular flexibility index (Phi) is 4.53. The molecule has 1 aromatic carbocycles. The molecule has 0 aliphatic carbocycles. The zero-order chi connectivity index (χ0) is 20.9. The summed E-state index contributed by atoms with van der Waals surface area (Å²) >= 11 is 0. The lowest BCUT2D eigenvalue weighted by Crippen LogP contribution is -2.47. The summed E-state index contributed by atoms with van der Waals surface area (Å²) in [6.45, 7) is 0.703. The van der Waals surface area contributed by atoms with Gasteiger partial charge in [0.05, 0.1) is 12.0 Å². The van der Waals surface area contributed by atoms with Crippen LogP contribution < -0.4 is 10.5 Å². The van der Waals surface area contributed by atoms with Crippen molar-refractivity contribution in [1.82, 2.24) is 14.5 Å². The fourth-order valence-corrected chi connectivity index (χ4v) is 3.24.